The van der Waals surface area contributed by atoms with Gasteiger partial charge in [-0.3, -0.25) is 4.90 Å². The number of fused-ring (bicyclic) bond motifs is 1. The van der Waals surface area contributed by atoms with E-state index in [9.17, 15) is 8.42 Å². The smallest absolute Gasteiger partial charge is 0.247 e. The molecule has 0 unspecified atom stereocenters. The number of thiophene rings is 1. The minimum absolute atomic E-state index is 0.201. The number of nitrogens with zero attached hydrogens (tertiary/aromatic N) is 2. The van der Waals surface area contributed by atoms with Crippen LogP contribution in [0.5, 0.6) is 0 Å². The second kappa shape index (κ2) is 9.36. The van der Waals surface area contributed by atoms with E-state index in [4.69, 9.17) is 14.6 Å². The third kappa shape index (κ3) is 5.95. The third-order valence-corrected chi connectivity index (χ3v) is 7.50. The molecule has 2 heterocycles. The van der Waals surface area contributed by atoms with Crippen molar-refractivity contribution in [1.82, 2.24) is 9.21 Å². The van der Waals surface area contributed by atoms with Crippen molar-refractivity contribution in [3.63, 3.8) is 0 Å². The summed E-state index contributed by atoms with van der Waals surface area (Å²) in [6.45, 7) is 3.88. The van der Waals surface area contributed by atoms with Crippen LogP contribution in [0.15, 0.2) is 20.2 Å². The lowest BCUT2D eigenvalue weighted by atomic mass is 10.2. The minimum atomic E-state index is -3.67. The highest BCUT2D eigenvalue weighted by molar-refractivity contribution is 7.99. The molecule has 0 saturated carbocycles. The highest BCUT2D eigenvalue weighted by atomic mass is 32.3. The fraction of sp³-hybridized carbons (Fsp3) is 0.600. The zero-order valence-corrected chi connectivity index (χ0v) is 17.2. The summed E-state index contributed by atoms with van der Waals surface area (Å²) in [7, 11) is 1.72. The number of primary sulfonamides is 1. The van der Waals surface area contributed by atoms with Crippen LogP contribution in [0.2, 0.25) is 0 Å². The number of methoxy groups -OCH3 is 2. The summed E-state index contributed by atoms with van der Waals surface area (Å²) < 4.78 is 36.7. The standard InChI is InChI=1S/C15H25N3O4S3/c1-17-13(11-18(6-8-22-3)5-4-7-21-2)9-12-10-14(25(16,19)20)23-15(12)24-17/h9-10H,4-8,11H2,1-3H3,(H2,16,19,20). The molecule has 0 aromatic carbocycles. The molecule has 25 heavy (non-hydrogen) atoms. The zero-order chi connectivity index (χ0) is 18.4. The van der Waals surface area contributed by atoms with E-state index in [-0.39, 0.29) is 4.21 Å². The maximum atomic E-state index is 11.6. The van der Waals surface area contributed by atoms with Crippen molar-refractivity contribution < 1.29 is 17.9 Å². The van der Waals surface area contributed by atoms with Crippen LogP contribution in [0.1, 0.15) is 12.0 Å². The van der Waals surface area contributed by atoms with Crippen molar-refractivity contribution in [2.75, 3.05) is 54.1 Å². The molecule has 7 nitrogen and oxygen atoms in total. The maximum absolute atomic E-state index is 11.6. The molecule has 2 N–H and O–H groups in total. The lowest BCUT2D eigenvalue weighted by Gasteiger charge is -2.30. The zero-order valence-electron chi connectivity index (χ0n) is 14.7. The van der Waals surface area contributed by atoms with Gasteiger partial charge in [-0.1, -0.05) is 0 Å². The van der Waals surface area contributed by atoms with E-state index in [2.05, 4.69) is 9.21 Å². The Morgan fingerprint density at radius 2 is 1.96 bits per heavy atom. The van der Waals surface area contributed by atoms with E-state index in [1.807, 2.05) is 13.1 Å². The van der Waals surface area contributed by atoms with Crippen LogP contribution in [-0.2, 0) is 19.5 Å². The Balaban J connectivity index is 2.14. The Labute approximate surface area is 157 Å². The van der Waals surface area contributed by atoms with E-state index in [1.54, 1.807) is 20.3 Å². The first-order valence-electron chi connectivity index (χ1n) is 7.84. The van der Waals surface area contributed by atoms with Gasteiger partial charge in [0.1, 0.15) is 4.21 Å². The molecule has 0 spiro atoms. The van der Waals surface area contributed by atoms with Gasteiger partial charge in [-0.25, -0.2) is 13.6 Å². The van der Waals surface area contributed by atoms with Gasteiger partial charge in [-0.05, 0) is 30.5 Å². The molecule has 1 aliphatic rings. The fourth-order valence-electron chi connectivity index (χ4n) is 2.43. The fourth-order valence-corrected chi connectivity index (χ4v) is 5.65. The van der Waals surface area contributed by atoms with Crippen molar-refractivity contribution in [1.29, 1.82) is 0 Å². The van der Waals surface area contributed by atoms with Crippen LogP contribution in [-0.4, -0.2) is 71.7 Å². The molecule has 0 radical (unpaired) electrons. The van der Waals surface area contributed by atoms with Gasteiger partial charge in [-0.15, -0.1) is 11.3 Å². The number of sulfonamides is 1. The molecule has 1 aromatic rings. The predicted molar refractivity (Wildman–Crippen MR) is 102 cm³/mol. The van der Waals surface area contributed by atoms with Crippen molar-refractivity contribution in [2.24, 2.45) is 5.14 Å². The highest BCUT2D eigenvalue weighted by Crippen LogP contribution is 2.41. The number of nitrogens with two attached hydrogens (primary N) is 1. The summed E-state index contributed by atoms with van der Waals surface area (Å²) in [5.74, 6) is 0. The third-order valence-electron chi connectivity index (χ3n) is 3.75. The Kier molecular flexibility index (Phi) is 7.74. The molecule has 10 heteroatoms. The topological polar surface area (TPSA) is 85.1 Å². The molecule has 1 aliphatic heterocycles. The van der Waals surface area contributed by atoms with Crippen molar-refractivity contribution in [3.8, 4) is 0 Å². The van der Waals surface area contributed by atoms with Crippen LogP contribution in [0.3, 0.4) is 0 Å². The van der Waals surface area contributed by atoms with Gasteiger partial charge in [0.15, 0.2) is 0 Å². The first-order valence-corrected chi connectivity index (χ1v) is 11.0. The number of hydrogen-bond donors (Lipinski definition) is 1. The first-order chi connectivity index (χ1) is 11.8. The molecule has 0 bridgehead atoms. The quantitative estimate of drug-likeness (QED) is 0.466. The van der Waals surface area contributed by atoms with Crippen molar-refractivity contribution in [2.45, 2.75) is 14.8 Å². The van der Waals surface area contributed by atoms with Crippen LogP contribution < -0.4 is 5.14 Å². The Morgan fingerprint density at radius 1 is 1.24 bits per heavy atom. The summed E-state index contributed by atoms with van der Waals surface area (Å²) in [5.41, 5.74) is 2.03. The van der Waals surface area contributed by atoms with Gasteiger partial charge in [0.05, 0.1) is 10.8 Å². The largest absolute Gasteiger partial charge is 0.385 e. The van der Waals surface area contributed by atoms with E-state index < -0.39 is 10.0 Å². The Morgan fingerprint density at radius 3 is 2.60 bits per heavy atom. The molecule has 0 saturated heterocycles. The normalized spacial score (nSPS) is 14.8. The highest BCUT2D eigenvalue weighted by Gasteiger charge is 2.23. The summed E-state index contributed by atoms with van der Waals surface area (Å²) in [6, 6.07) is 1.65. The van der Waals surface area contributed by atoms with Gasteiger partial charge in [0.25, 0.3) is 0 Å². The molecular formula is C15H25N3O4S3. The Hall–Kier alpha value is -0.620. The van der Waals surface area contributed by atoms with Crippen LogP contribution in [0, 0.1) is 0 Å². The van der Waals surface area contributed by atoms with Crippen LogP contribution >= 0.6 is 23.3 Å². The molecule has 2 rings (SSSR count). The SMILES string of the molecule is COCCCN(CCOC)CC1=Cc2cc(S(N)(=O)=O)sc2SN1C. The maximum Gasteiger partial charge on any atom is 0.247 e. The Bertz CT molecular complexity index is 703. The lowest BCUT2D eigenvalue weighted by molar-refractivity contribution is 0.136. The number of likely N-dealkylation sites (N-methyl/N-ethyl adjacent to an activating group) is 1. The van der Waals surface area contributed by atoms with E-state index >= 15 is 0 Å². The number of rotatable bonds is 10. The summed E-state index contributed by atoms with van der Waals surface area (Å²) in [6.07, 6.45) is 2.98. The van der Waals surface area contributed by atoms with Gasteiger partial charge < -0.3 is 13.8 Å². The first kappa shape index (κ1) is 20.7. The molecule has 0 amide bonds. The van der Waals surface area contributed by atoms with E-state index in [1.165, 1.54) is 23.3 Å². The van der Waals surface area contributed by atoms with E-state index in [0.29, 0.717) is 6.61 Å². The molecule has 1 aromatic heterocycles. The monoisotopic (exact) mass is 407 g/mol. The van der Waals surface area contributed by atoms with Gasteiger partial charge in [0, 0.05) is 58.8 Å². The van der Waals surface area contributed by atoms with Crippen molar-refractivity contribution >= 4 is 39.4 Å². The van der Waals surface area contributed by atoms with Gasteiger partial charge >= 0.3 is 0 Å². The average molecular weight is 408 g/mol. The van der Waals surface area contributed by atoms with Crippen LogP contribution in [0.4, 0.5) is 0 Å². The summed E-state index contributed by atoms with van der Waals surface area (Å²) in [5, 5.41) is 5.25. The number of hydrogen-bond acceptors (Lipinski definition) is 8. The average Bonchev–Trinajstić information content (AvgIpc) is 2.95. The minimum Gasteiger partial charge on any atom is -0.385 e. The second-order valence-electron chi connectivity index (χ2n) is 5.69. The number of ether oxygens (including phenoxy) is 2. The molecule has 142 valence electrons. The summed E-state index contributed by atoms with van der Waals surface area (Å²) in [4.78, 5) is 2.31. The molecule has 0 atom stereocenters. The predicted octanol–water partition coefficient (Wildman–Crippen LogP) is 1.67. The molecule has 0 aliphatic carbocycles. The van der Waals surface area contributed by atoms with E-state index in [0.717, 1.165) is 48.1 Å². The van der Waals surface area contributed by atoms with Crippen LogP contribution in [0.25, 0.3) is 6.08 Å². The summed E-state index contributed by atoms with van der Waals surface area (Å²) >= 11 is 2.74. The van der Waals surface area contributed by atoms with Crippen molar-refractivity contribution in [3.05, 3.63) is 17.3 Å². The lowest BCUT2D eigenvalue weighted by Crippen LogP contribution is -2.34. The molecular weight excluding hydrogens is 382 g/mol. The van der Waals surface area contributed by atoms with Gasteiger partial charge in [-0.2, -0.15) is 0 Å². The molecule has 0 fully saturated rings. The second-order valence-corrected chi connectivity index (χ2v) is 9.93. The van der Waals surface area contributed by atoms with Gasteiger partial charge in [0.2, 0.25) is 10.0 Å².